The van der Waals surface area contributed by atoms with E-state index >= 15 is 0 Å². The number of fused-ring (bicyclic) bond motifs is 1. The molecule has 1 N–H and O–H groups in total. The molecular formula is C16H20N2O3S. The van der Waals surface area contributed by atoms with Crippen LogP contribution in [0.3, 0.4) is 0 Å². The maximum Gasteiger partial charge on any atom is 0.331 e. The number of nitrogens with one attached hydrogen (secondary N) is 1. The number of ether oxygens (including phenoxy) is 1. The number of nitrogens with zero attached hydrogens (tertiary/aromatic N) is 1. The number of benzene rings is 1. The Balaban J connectivity index is 1.96. The molecule has 1 atom stereocenters. The second kappa shape index (κ2) is 6.87. The fourth-order valence-electron chi connectivity index (χ4n) is 2.13. The van der Waals surface area contributed by atoms with Gasteiger partial charge in [-0.25, -0.2) is 9.78 Å². The van der Waals surface area contributed by atoms with E-state index in [2.05, 4.69) is 10.3 Å². The van der Waals surface area contributed by atoms with Crippen molar-refractivity contribution in [2.75, 3.05) is 7.11 Å². The van der Waals surface area contributed by atoms with Crippen LogP contribution in [0.4, 0.5) is 0 Å². The van der Waals surface area contributed by atoms with Crippen molar-refractivity contribution < 1.29 is 14.3 Å². The Hall–Kier alpha value is -1.95. The van der Waals surface area contributed by atoms with Crippen molar-refractivity contribution in [3.05, 3.63) is 29.3 Å². The average Bonchev–Trinajstić information content (AvgIpc) is 2.94. The van der Waals surface area contributed by atoms with Gasteiger partial charge in [0.1, 0.15) is 5.54 Å². The highest BCUT2D eigenvalue weighted by atomic mass is 32.1. The molecule has 0 aliphatic carbocycles. The lowest BCUT2D eigenvalue weighted by molar-refractivity contribution is -0.150. The van der Waals surface area contributed by atoms with Crippen LogP contribution in [-0.4, -0.2) is 29.5 Å². The summed E-state index contributed by atoms with van der Waals surface area (Å²) in [6, 6.07) is 7.89. The van der Waals surface area contributed by atoms with E-state index in [1.165, 1.54) is 7.11 Å². The number of esters is 1. The predicted octanol–water partition coefficient (Wildman–Crippen LogP) is 2.69. The van der Waals surface area contributed by atoms with Crippen LogP contribution in [0.2, 0.25) is 0 Å². The van der Waals surface area contributed by atoms with E-state index in [0.717, 1.165) is 15.2 Å². The Morgan fingerprint density at radius 3 is 2.73 bits per heavy atom. The van der Waals surface area contributed by atoms with Crippen molar-refractivity contribution >= 4 is 33.4 Å². The average molecular weight is 320 g/mol. The zero-order valence-corrected chi connectivity index (χ0v) is 13.8. The topological polar surface area (TPSA) is 68.3 Å². The summed E-state index contributed by atoms with van der Waals surface area (Å²) in [6.45, 7) is 3.51. The van der Waals surface area contributed by atoms with E-state index < -0.39 is 11.5 Å². The summed E-state index contributed by atoms with van der Waals surface area (Å²) >= 11 is 1.59. The molecule has 5 nitrogen and oxygen atoms in total. The molecule has 0 fully saturated rings. The number of amides is 1. The molecule has 0 spiro atoms. The van der Waals surface area contributed by atoms with Crippen molar-refractivity contribution in [3.63, 3.8) is 0 Å². The number of carbonyl (C=O) groups excluding carboxylic acids is 2. The first-order valence-electron chi connectivity index (χ1n) is 7.22. The third kappa shape index (κ3) is 3.62. The van der Waals surface area contributed by atoms with Crippen LogP contribution in [0.25, 0.3) is 10.2 Å². The number of carbonyl (C=O) groups is 2. The lowest BCUT2D eigenvalue weighted by Crippen LogP contribution is -2.52. The lowest BCUT2D eigenvalue weighted by atomic mass is 9.99. The van der Waals surface area contributed by atoms with Crippen LogP contribution in [0.15, 0.2) is 24.3 Å². The number of aromatic nitrogens is 1. The Kier molecular flexibility index (Phi) is 5.13. The number of methoxy groups -OCH3 is 1. The Bertz CT molecular complexity index is 650. The summed E-state index contributed by atoms with van der Waals surface area (Å²) in [5.41, 5.74) is -0.0183. The van der Waals surface area contributed by atoms with Gasteiger partial charge in [0.25, 0.3) is 0 Å². The molecule has 0 saturated carbocycles. The number of thiazole rings is 1. The van der Waals surface area contributed by atoms with Crippen molar-refractivity contribution in [3.8, 4) is 0 Å². The van der Waals surface area contributed by atoms with E-state index in [4.69, 9.17) is 4.74 Å². The van der Waals surface area contributed by atoms with Crippen molar-refractivity contribution in [2.45, 2.75) is 38.6 Å². The first kappa shape index (κ1) is 16.4. The van der Waals surface area contributed by atoms with Gasteiger partial charge in [0.2, 0.25) is 5.91 Å². The van der Waals surface area contributed by atoms with Gasteiger partial charge in [-0.15, -0.1) is 11.3 Å². The largest absolute Gasteiger partial charge is 0.467 e. The first-order chi connectivity index (χ1) is 10.5. The smallest absolute Gasteiger partial charge is 0.331 e. The maximum atomic E-state index is 12.1. The summed E-state index contributed by atoms with van der Waals surface area (Å²) in [5.74, 6) is -0.600. The lowest BCUT2D eigenvalue weighted by Gasteiger charge is -2.26. The molecule has 0 saturated heterocycles. The second-order valence-corrected chi connectivity index (χ2v) is 6.42. The normalized spacial score (nSPS) is 13.6. The minimum absolute atomic E-state index is 0.172. The molecule has 1 aromatic heterocycles. The predicted molar refractivity (Wildman–Crippen MR) is 86.8 cm³/mol. The van der Waals surface area contributed by atoms with Gasteiger partial charge in [0.05, 0.1) is 22.3 Å². The third-order valence-electron chi connectivity index (χ3n) is 3.66. The monoisotopic (exact) mass is 320 g/mol. The van der Waals surface area contributed by atoms with E-state index in [-0.39, 0.29) is 5.91 Å². The summed E-state index contributed by atoms with van der Waals surface area (Å²) in [7, 11) is 1.32. The van der Waals surface area contributed by atoms with Gasteiger partial charge in [0.15, 0.2) is 0 Å². The zero-order chi connectivity index (χ0) is 16.2. The summed E-state index contributed by atoms with van der Waals surface area (Å²) in [5, 5.41) is 3.68. The van der Waals surface area contributed by atoms with Gasteiger partial charge in [0, 0.05) is 12.8 Å². The molecule has 1 heterocycles. The minimum atomic E-state index is -0.973. The molecule has 2 aromatic rings. The zero-order valence-electron chi connectivity index (χ0n) is 13.0. The number of hydrogen-bond acceptors (Lipinski definition) is 5. The van der Waals surface area contributed by atoms with Gasteiger partial charge >= 0.3 is 5.97 Å². The van der Waals surface area contributed by atoms with E-state index in [1.54, 1.807) is 18.3 Å². The van der Waals surface area contributed by atoms with Gasteiger partial charge in [-0.2, -0.15) is 0 Å². The van der Waals surface area contributed by atoms with Gasteiger partial charge in [-0.05, 0) is 25.5 Å². The van der Waals surface area contributed by atoms with Crippen LogP contribution < -0.4 is 5.32 Å². The third-order valence-corrected chi connectivity index (χ3v) is 4.76. The quantitative estimate of drug-likeness (QED) is 0.831. The molecule has 0 unspecified atom stereocenters. The molecule has 6 heteroatoms. The highest BCUT2D eigenvalue weighted by molar-refractivity contribution is 7.18. The maximum absolute atomic E-state index is 12.1. The van der Waals surface area contributed by atoms with Crippen LogP contribution in [0.1, 0.15) is 31.7 Å². The van der Waals surface area contributed by atoms with Crippen LogP contribution in [-0.2, 0) is 20.7 Å². The van der Waals surface area contributed by atoms with Gasteiger partial charge < -0.3 is 10.1 Å². The van der Waals surface area contributed by atoms with E-state index in [9.17, 15) is 9.59 Å². The Morgan fingerprint density at radius 2 is 2.09 bits per heavy atom. The van der Waals surface area contributed by atoms with Crippen LogP contribution >= 0.6 is 11.3 Å². The molecule has 22 heavy (non-hydrogen) atoms. The SMILES string of the molecule is CC[C@](C)(NC(=O)CCc1nc2ccccc2s1)C(=O)OC. The van der Waals surface area contributed by atoms with Crippen molar-refractivity contribution in [1.82, 2.24) is 10.3 Å². The first-order valence-corrected chi connectivity index (χ1v) is 8.04. The molecule has 118 valence electrons. The molecule has 0 aliphatic rings. The number of rotatable bonds is 6. The molecule has 2 rings (SSSR count). The highest BCUT2D eigenvalue weighted by Crippen LogP contribution is 2.22. The van der Waals surface area contributed by atoms with Crippen LogP contribution in [0.5, 0.6) is 0 Å². The van der Waals surface area contributed by atoms with Gasteiger partial charge in [-0.1, -0.05) is 19.1 Å². The van der Waals surface area contributed by atoms with Crippen molar-refractivity contribution in [2.24, 2.45) is 0 Å². The Morgan fingerprint density at radius 1 is 1.36 bits per heavy atom. The molecule has 0 aliphatic heterocycles. The molecule has 0 bridgehead atoms. The standard InChI is InChI=1S/C16H20N2O3S/c1-4-16(2,15(20)21-3)18-13(19)9-10-14-17-11-7-5-6-8-12(11)22-14/h5-8H,4,9-10H2,1-3H3,(H,18,19)/t16-/m0/s1. The van der Waals surface area contributed by atoms with Gasteiger partial charge in [-0.3, -0.25) is 4.79 Å². The summed E-state index contributed by atoms with van der Waals surface area (Å²) in [6.07, 6.45) is 1.34. The summed E-state index contributed by atoms with van der Waals surface area (Å²) < 4.78 is 5.86. The second-order valence-electron chi connectivity index (χ2n) is 5.30. The number of hydrogen-bond donors (Lipinski definition) is 1. The van der Waals surface area contributed by atoms with E-state index in [1.807, 2.05) is 31.2 Å². The Labute approximate surface area is 133 Å². The fourth-order valence-corrected chi connectivity index (χ4v) is 3.09. The molecule has 0 radical (unpaired) electrons. The summed E-state index contributed by atoms with van der Waals surface area (Å²) in [4.78, 5) is 28.3. The number of para-hydroxylation sites is 1. The van der Waals surface area contributed by atoms with Crippen LogP contribution in [0, 0.1) is 0 Å². The van der Waals surface area contributed by atoms with Crippen molar-refractivity contribution in [1.29, 1.82) is 0 Å². The highest BCUT2D eigenvalue weighted by Gasteiger charge is 2.33. The minimum Gasteiger partial charge on any atom is -0.467 e. The number of aryl methyl sites for hydroxylation is 1. The van der Waals surface area contributed by atoms with E-state index in [0.29, 0.717) is 19.3 Å². The fraction of sp³-hybridized carbons (Fsp3) is 0.438. The molecular weight excluding hydrogens is 300 g/mol. The molecule has 1 aromatic carbocycles. The molecule has 1 amide bonds.